The largest absolute Gasteiger partial charge is 0.340 e. The lowest BCUT2D eigenvalue weighted by atomic mass is 9.87. The van der Waals surface area contributed by atoms with Crippen molar-refractivity contribution in [2.24, 2.45) is 11.3 Å². The van der Waals surface area contributed by atoms with Crippen LogP contribution in [-0.4, -0.2) is 34.8 Å². The average Bonchev–Trinajstić information content (AvgIpc) is 3.11. The second-order valence-corrected chi connectivity index (χ2v) is 8.37. The van der Waals surface area contributed by atoms with E-state index in [1.165, 1.54) is 0 Å². The molecule has 118 valence electrons. The maximum atomic E-state index is 13.1. The van der Waals surface area contributed by atoms with Crippen molar-refractivity contribution in [3.05, 3.63) is 0 Å². The molecule has 3 aliphatic rings. The monoisotopic (exact) mass is 292 g/mol. The van der Waals surface area contributed by atoms with Crippen LogP contribution in [-0.2, 0) is 9.59 Å². The fraction of sp³-hybridized carbons (Fsp3) is 0.882. The van der Waals surface area contributed by atoms with Gasteiger partial charge in [-0.1, -0.05) is 33.6 Å². The van der Waals surface area contributed by atoms with E-state index < -0.39 is 5.54 Å². The number of piperazine rings is 1. The summed E-state index contributed by atoms with van der Waals surface area (Å²) in [4.78, 5) is 27.6. The van der Waals surface area contributed by atoms with Gasteiger partial charge in [-0.25, -0.2) is 0 Å². The highest BCUT2D eigenvalue weighted by atomic mass is 16.2. The van der Waals surface area contributed by atoms with Gasteiger partial charge in [0.05, 0.1) is 0 Å². The minimum absolute atomic E-state index is 0.105. The molecule has 0 aromatic carbocycles. The van der Waals surface area contributed by atoms with Crippen molar-refractivity contribution in [3.63, 3.8) is 0 Å². The molecular formula is C17H28N2O2. The fourth-order valence-electron chi connectivity index (χ4n) is 3.80. The maximum Gasteiger partial charge on any atom is 0.249 e. The molecule has 0 aromatic rings. The van der Waals surface area contributed by atoms with Crippen LogP contribution in [0.4, 0.5) is 0 Å². The van der Waals surface area contributed by atoms with E-state index in [0.29, 0.717) is 5.92 Å². The van der Waals surface area contributed by atoms with E-state index in [1.807, 2.05) is 4.90 Å². The van der Waals surface area contributed by atoms with Crippen LogP contribution in [0.2, 0.25) is 0 Å². The van der Waals surface area contributed by atoms with Gasteiger partial charge in [0.15, 0.2) is 0 Å². The molecule has 1 saturated heterocycles. The van der Waals surface area contributed by atoms with Gasteiger partial charge in [0.25, 0.3) is 0 Å². The van der Waals surface area contributed by atoms with Crippen LogP contribution in [0.5, 0.6) is 0 Å². The summed E-state index contributed by atoms with van der Waals surface area (Å²) in [5.41, 5.74) is -0.383. The van der Waals surface area contributed by atoms with E-state index in [0.717, 1.165) is 51.5 Å². The van der Waals surface area contributed by atoms with Crippen molar-refractivity contribution < 1.29 is 9.59 Å². The number of amides is 2. The Labute approximate surface area is 127 Å². The molecule has 1 aliphatic heterocycles. The predicted octanol–water partition coefficient (Wildman–Crippen LogP) is 2.47. The van der Waals surface area contributed by atoms with Gasteiger partial charge in [-0.05, 0) is 43.4 Å². The summed E-state index contributed by atoms with van der Waals surface area (Å²) in [6.45, 7) is 7.30. The Balaban J connectivity index is 1.82. The van der Waals surface area contributed by atoms with Crippen molar-refractivity contribution in [2.75, 3.05) is 6.54 Å². The van der Waals surface area contributed by atoms with E-state index in [9.17, 15) is 9.59 Å². The molecule has 3 fully saturated rings. The highest BCUT2D eigenvalue weighted by molar-refractivity contribution is 6.00. The second-order valence-electron chi connectivity index (χ2n) is 8.37. The first kappa shape index (κ1) is 14.9. The Morgan fingerprint density at radius 3 is 2.33 bits per heavy atom. The molecule has 1 atom stereocenters. The quantitative estimate of drug-likeness (QED) is 0.868. The van der Waals surface area contributed by atoms with Gasteiger partial charge in [0.2, 0.25) is 11.8 Å². The van der Waals surface area contributed by atoms with Crippen LogP contribution < -0.4 is 5.32 Å². The number of hydrogen-bond donors (Lipinski definition) is 1. The van der Waals surface area contributed by atoms with Crippen molar-refractivity contribution in [1.82, 2.24) is 10.2 Å². The van der Waals surface area contributed by atoms with Gasteiger partial charge < -0.3 is 10.2 Å². The first-order chi connectivity index (χ1) is 9.82. The number of nitrogens with zero attached hydrogens (tertiary/aromatic N) is 1. The summed E-state index contributed by atoms with van der Waals surface area (Å²) in [6, 6.07) is -0.203. The SMILES string of the molecule is CC(C)(C)CCN1C(=O)C2(CCCC2)NC(=O)C1C1CC1. The summed E-state index contributed by atoms with van der Waals surface area (Å²) in [7, 11) is 0. The Bertz CT molecular complexity index is 442. The summed E-state index contributed by atoms with van der Waals surface area (Å²) < 4.78 is 0. The molecule has 4 nitrogen and oxygen atoms in total. The molecule has 1 N–H and O–H groups in total. The number of rotatable bonds is 3. The van der Waals surface area contributed by atoms with Gasteiger partial charge in [0, 0.05) is 6.54 Å². The van der Waals surface area contributed by atoms with E-state index in [4.69, 9.17) is 0 Å². The number of hydrogen-bond acceptors (Lipinski definition) is 2. The Hall–Kier alpha value is -1.06. The lowest BCUT2D eigenvalue weighted by Crippen LogP contribution is -2.70. The van der Waals surface area contributed by atoms with E-state index in [-0.39, 0.29) is 23.3 Å². The minimum atomic E-state index is -0.569. The van der Waals surface area contributed by atoms with Crippen LogP contribution in [0.25, 0.3) is 0 Å². The van der Waals surface area contributed by atoms with Crippen LogP contribution in [0, 0.1) is 11.3 Å². The molecule has 0 radical (unpaired) electrons. The minimum Gasteiger partial charge on any atom is -0.340 e. The third kappa shape index (κ3) is 2.82. The predicted molar refractivity (Wildman–Crippen MR) is 81.6 cm³/mol. The van der Waals surface area contributed by atoms with Crippen molar-refractivity contribution >= 4 is 11.8 Å². The Kier molecular flexibility index (Phi) is 3.53. The Morgan fingerprint density at radius 1 is 1.19 bits per heavy atom. The van der Waals surface area contributed by atoms with Gasteiger partial charge in [-0.15, -0.1) is 0 Å². The summed E-state index contributed by atoms with van der Waals surface area (Å²) in [5.74, 6) is 0.696. The highest BCUT2D eigenvalue weighted by Gasteiger charge is 2.55. The summed E-state index contributed by atoms with van der Waals surface area (Å²) in [5, 5.41) is 3.11. The summed E-state index contributed by atoms with van der Waals surface area (Å²) >= 11 is 0. The number of carbonyl (C=O) groups is 2. The van der Waals surface area contributed by atoms with Gasteiger partial charge in [-0.3, -0.25) is 9.59 Å². The number of nitrogens with one attached hydrogen (secondary N) is 1. The molecule has 2 amide bonds. The average molecular weight is 292 g/mol. The molecule has 1 unspecified atom stereocenters. The van der Waals surface area contributed by atoms with Crippen molar-refractivity contribution in [3.8, 4) is 0 Å². The molecule has 2 aliphatic carbocycles. The lowest BCUT2D eigenvalue weighted by Gasteiger charge is -2.45. The second kappa shape index (κ2) is 4.99. The fourth-order valence-corrected chi connectivity index (χ4v) is 3.80. The smallest absolute Gasteiger partial charge is 0.249 e. The zero-order valence-corrected chi connectivity index (χ0v) is 13.6. The third-order valence-electron chi connectivity index (χ3n) is 5.27. The van der Waals surface area contributed by atoms with Crippen LogP contribution in [0.1, 0.15) is 65.7 Å². The third-order valence-corrected chi connectivity index (χ3v) is 5.27. The standard InChI is InChI=1S/C17H28N2O2/c1-16(2,3)10-11-19-13(12-6-7-12)14(20)18-17(15(19)21)8-4-5-9-17/h12-13H,4-11H2,1-3H3,(H,18,20). The molecular weight excluding hydrogens is 264 g/mol. The molecule has 3 rings (SSSR count). The Morgan fingerprint density at radius 2 is 1.81 bits per heavy atom. The molecule has 1 heterocycles. The zero-order chi connectivity index (χ0) is 15.3. The van der Waals surface area contributed by atoms with E-state index in [1.54, 1.807) is 0 Å². The molecule has 0 bridgehead atoms. The van der Waals surface area contributed by atoms with Crippen molar-refractivity contribution in [2.45, 2.75) is 77.3 Å². The first-order valence-corrected chi connectivity index (χ1v) is 8.46. The highest BCUT2D eigenvalue weighted by Crippen LogP contribution is 2.42. The molecule has 4 heteroatoms. The normalized spacial score (nSPS) is 29.1. The maximum absolute atomic E-state index is 13.1. The lowest BCUT2D eigenvalue weighted by molar-refractivity contribution is -0.156. The number of carbonyl (C=O) groups excluding carboxylic acids is 2. The first-order valence-electron chi connectivity index (χ1n) is 8.46. The van der Waals surface area contributed by atoms with Gasteiger partial charge in [-0.2, -0.15) is 0 Å². The molecule has 21 heavy (non-hydrogen) atoms. The zero-order valence-electron chi connectivity index (χ0n) is 13.6. The van der Waals surface area contributed by atoms with Crippen LogP contribution in [0.3, 0.4) is 0 Å². The van der Waals surface area contributed by atoms with Gasteiger partial charge >= 0.3 is 0 Å². The molecule has 0 aromatic heterocycles. The summed E-state index contributed by atoms with van der Waals surface area (Å²) in [6.07, 6.45) is 6.86. The van der Waals surface area contributed by atoms with Crippen LogP contribution in [0.15, 0.2) is 0 Å². The topological polar surface area (TPSA) is 49.4 Å². The van der Waals surface area contributed by atoms with E-state index in [2.05, 4.69) is 26.1 Å². The van der Waals surface area contributed by atoms with Crippen molar-refractivity contribution in [1.29, 1.82) is 0 Å². The van der Waals surface area contributed by atoms with E-state index >= 15 is 0 Å². The van der Waals surface area contributed by atoms with Crippen LogP contribution >= 0.6 is 0 Å². The molecule has 2 saturated carbocycles. The molecule has 1 spiro atoms. The van der Waals surface area contributed by atoms with Gasteiger partial charge in [0.1, 0.15) is 11.6 Å².